The molecule has 26 heavy (non-hydrogen) atoms. The van der Waals surface area contributed by atoms with Gasteiger partial charge in [0.05, 0.1) is 24.4 Å². The number of hydrogen-bond acceptors (Lipinski definition) is 3. The third-order valence-electron chi connectivity index (χ3n) is 4.66. The molecule has 1 saturated heterocycles. The van der Waals surface area contributed by atoms with Gasteiger partial charge in [0.15, 0.2) is 5.11 Å². The van der Waals surface area contributed by atoms with Crippen LogP contribution in [0.25, 0.3) is 5.69 Å². The predicted molar refractivity (Wildman–Crippen MR) is 105 cm³/mol. The van der Waals surface area contributed by atoms with Gasteiger partial charge >= 0.3 is 0 Å². The Labute approximate surface area is 157 Å². The Balaban J connectivity index is 1.81. The van der Waals surface area contributed by atoms with Gasteiger partial charge in [-0.1, -0.05) is 24.3 Å². The molecule has 0 aliphatic carbocycles. The number of aliphatic hydroxyl groups is 1. The zero-order valence-corrected chi connectivity index (χ0v) is 15.0. The van der Waals surface area contributed by atoms with E-state index in [-0.39, 0.29) is 18.7 Å². The highest BCUT2D eigenvalue weighted by Crippen LogP contribution is 2.39. The van der Waals surface area contributed by atoms with E-state index >= 15 is 0 Å². The van der Waals surface area contributed by atoms with E-state index in [1.165, 1.54) is 0 Å². The van der Waals surface area contributed by atoms with Gasteiger partial charge in [0.1, 0.15) is 0 Å². The van der Waals surface area contributed by atoms with Crippen LogP contribution >= 0.6 is 12.2 Å². The van der Waals surface area contributed by atoms with Crippen LogP contribution in [0.4, 0.5) is 0 Å². The summed E-state index contributed by atoms with van der Waals surface area (Å²) in [6.07, 6.45) is 3.85. The van der Waals surface area contributed by atoms with Gasteiger partial charge in [0.2, 0.25) is 0 Å². The predicted octanol–water partition coefficient (Wildman–Crippen LogP) is 2.84. The lowest BCUT2D eigenvalue weighted by Crippen LogP contribution is -2.32. The summed E-state index contributed by atoms with van der Waals surface area (Å²) in [5.41, 5.74) is 3.13. The second kappa shape index (κ2) is 7.27. The molecule has 2 N–H and O–H groups in total. The third-order valence-corrected chi connectivity index (χ3v) is 5.01. The van der Waals surface area contributed by atoms with Gasteiger partial charge in [-0.25, -0.2) is 0 Å². The SMILES string of the molecule is OCCN1C(=S)N[C@@H](c2ccccn2)[C@@H]1c1cccn1-c1ccccc1. The fourth-order valence-electron chi connectivity index (χ4n) is 3.53. The molecular formula is C20H20N4OS. The first-order valence-electron chi connectivity index (χ1n) is 8.61. The molecule has 3 aromatic rings. The van der Waals surface area contributed by atoms with E-state index in [0.717, 1.165) is 17.1 Å². The Morgan fingerprint density at radius 2 is 1.85 bits per heavy atom. The molecule has 0 amide bonds. The first-order chi connectivity index (χ1) is 12.8. The Bertz CT molecular complexity index is 881. The number of rotatable bonds is 5. The maximum absolute atomic E-state index is 9.55. The number of nitrogens with zero attached hydrogens (tertiary/aromatic N) is 3. The molecule has 0 unspecified atom stereocenters. The Hall–Kier alpha value is -2.70. The van der Waals surface area contributed by atoms with Crippen molar-refractivity contribution in [2.45, 2.75) is 12.1 Å². The monoisotopic (exact) mass is 364 g/mol. The number of benzene rings is 1. The number of aromatic nitrogens is 2. The van der Waals surface area contributed by atoms with Crippen LogP contribution in [0.2, 0.25) is 0 Å². The van der Waals surface area contributed by atoms with Gasteiger partial charge in [-0.05, 0) is 48.6 Å². The molecule has 1 aromatic carbocycles. The summed E-state index contributed by atoms with van der Waals surface area (Å²) >= 11 is 5.56. The number of thiocarbonyl (C=S) groups is 1. The van der Waals surface area contributed by atoms with Crippen LogP contribution in [0.3, 0.4) is 0 Å². The number of nitrogens with one attached hydrogen (secondary N) is 1. The average molecular weight is 364 g/mol. The molecule has 1 aliphatic rings. The van der Waals surface area contributed by atoms with Crippen molar-refractivity contribution < 1.29 is 5.11 Å². The molecule has 132 valence electrons. The molecule has 4 rings (SSSR count). The lowest BCUT2D eigenvalue weighted by atomic mass is 10.0. The maximum Gasteiger partial charge on any atom is 0.170 e. The molecule has 0 saturated carbocycles. The largest absolute Gasteiger partial charge is 0.395 e. The molecule has 0 bridgehead atoms. The topological polar surface area (TPSA) is 53.3 Å². The highest BCUT2D eigenvalue weighted by Gasteiger charge is 2.40. The fraction of sp³-hybridized carbons (Fsp3) is 0.200. The van der Waals surface area contributed by atoms with Crippen molar-refractivity contribution in [3.05, 3.63) is 84.4 Å². The van der Waals surface area contributed by atoms with Gasteiger partial charge in [-0.2, -0.15) is 0 Å². The van der Waals surface area contributed by atoms with Gasteiger partial charge in [-0.15, -0.1) is 0 Å². The molecule has 0 radical (unpaired) electrons. The minimum atomic E-state index is -0.0763. The van der Waals surface area contributed by atoms with Gasteiger partial charge < -0.3 is 19.9 Å². The fourth-order valence-corrected chi connectivity index (χ4v) is 3.87. The second-order valence-electron chi connectivity index (χ2n) is 6.18. The number of pyridine rings is 1. The average Bonchev–Trinajstić information content (AvgIpc) is 3.28. The van der Waals surface area contributed by atoms with E-state index in [1.807, 2.05) is 47.4 Å². The lowest BCUT2D eigenvalue weighted by molar-refractivity contribution is 0.220. The normalized spacial score (nSPS) is 19.6. The van der Waals surface area contributed by atoms with Crippen molar-refractivity contribution in [1.82, 2.24) is 19.8 Å². The van der Waals surface area contributed by atoms with Gasteiger partial charge in [0.25, 0.3) is 0 Å². The van der Waals surface area contributed by atoms with Crippen LogP contribution in [0, 0.1) is 0 Å². The Kier molecular flexibility index (Phi) is 4.69. The van der Waals surface area contributed by atoms with Crippen molar-refractivity contribution in [2.75, 3.05) is 13.2 Å². The minimum absolute atomic E-state index is 0.0410. The highest BCUT2D eigenvalue weighted by molar-refractivity contribution is 7.80. The highest BCUT2D eigenvalue weighted by atomic mass is 32.1. The summed E-state index contributed by atoms with van der Waals surface area (Å²) in [6, 6.07) is 20.1. The van der Waals surface area contributed by atoms with Crippen LogP contribution in [-0.4, -0.2) is 37.8 Å². The summed E-state index contributed by atoms with van der Waals surface area (Å²) in [5.74, 6) is 0. The summed E-state index contributed by atoms with van der Waals surface area (Å²) in [5, 5.41) is 13.6. The number of para-hydroxylation sites is 1. The van der Waals surface area contributed by atoms with E-state index < -0.39 is 0 Å². The Morgan fingerprint density at radius 3 is 2.58 bits per heavy atom. The number of β-amino-alcohol motifs (C(OH)–C–C–N with tert-alkyl or cyclic N) is 1. The molecule has 6 heteroatoms. The molecular weight excluding hydrogens is 344 g/mol. The van der Waals surface area contributed by atoms with Crippen molar-refractivity contribution in [3.8, 4) is 5.69 Å². The summed E-state index contributed by atoms with van der Waals surface area (Å²) in [7, 11) is 0. The second-order valence-corrected chi connectivity index (χ2v) is 6.57. The zero-order valence-electron chi connectivity index (χ0n) is 14.2. The quantitative estimate of drug-likeness (QED) is 0.682. The maximum atomic E-state index is 9.55. The summed E-state index contributed by atoms with van der Waals surface area (Å²) in [4.78, 5) is 6.58. The van der Waals surface area contributed by atoms with E-state index in [1.54, 1.807) is 6.20 Å². The van der Waals surface area contributed by atoms with Crippen LogP contribution in [-0.2, 0) is 0 Å². The van der Waals surface area contributed by atoms with Crippen LogP contribution < -0.4 is 5.32 Å². The van der Waals surface area contributed by atoms with Crippen molar-refractivity contribution in [2.24, 2.45) is 0 Å². The van der Waals surface area contributed by atoms with E-state index in [0.29, 0.717) is 11.7 Å². The van der Waals surface area contributed by atoms with E-state index in [9.17, 15) is 5.11 Å². The third kappa shape index (κ3) is 2.98. The molecule has 3 heterocycles. The molecule has 1 aliphatic heterocycles. The zero-order chi connectivity index (χ0) is 17.9. The molecule has 2 aromatic heterocycles. The molecule has 5 nitrogen and oxygen atoms in total. The first kappa shape index (κ1) is 16.8. The summed E-state index contributed by atoms with van der Waals surface area (Å²) in [6.45, 7) is 0.513. The smallest absolute Gasteiger partial charge is 0.170 e. The number of aliphatic hydroxyl groups excluding tert-OH is 1. The van der Waals surface area contributed by atoms with E-state index in [2.05, 4.69) is 39.3 Å². The van der Waals surface area contributed by atoms with Crippen LogP contribution in [0.5, 0.6) is 0 Å². The minimum Gasteiger partial charge on any atom is -0.395 e. The molecule has 1 fully saturated rings. The van der Waals surface area contributed by atoms with Crippen molar-refractivity contribution in [3.63, 3.8) is 0 Å². The van der Waals surface area contributed by atoms with Crippen LogP contribution in [0.15, 0.2) is 73.1 Å². The lowest BCUT2D eigenvalue weighted by Gasteiger charge is -2.28. The van der Waals surface area contributed by atoms with Crippen molar-refractivity contribution >= 4 is 17.3 Å². The van der Waals surface area contributed by atoms with Gasteiger partial charge in [0, 0.05) is 30.3 Å². The van der Waals surface area contributed by atoms with Gasteiger partial charge in [-0.3, -0.25) is 4.98 Å². The summed E-state index contributed by atoms with van der Waals surface area (Å²) < 4.78 is 2.17. The van der Waals surface area contributed by atoms with Crippen molar-refractivity contribution in [1.29, 1.82) is 0 Å². The van der Waals surface area contributed by atoms with Crippen LogP contribution in [0.1, 0.15) is 23.5 Å². The molecule has 0 spiro atoms. The Morgan fingerprint density at radius 1 is 1.04 bits per heavy atom. The first-order valence-corrected chi connectivity index (χ1v) is 9.02. The standard InChI is InChI=1S/C20H20N4OS/c25-14-13-24-19(18(22-20(24)26)16-9-4-5-11-21-16)17-10-6-12-23(17)15-7-2-1-3-8-15/h1-12,18-19,25H,13-14H2,(H,22,26)/t18-,19-/m0/s1. The van der Waals surface area contributed by atoms with E-state index in [4.69, 9.17) is 12.2 Å². The molecule has 2 atom stereocenters. The number of hydrogen-bond donors (Lipinski definition) is 2.